The highest BCUT2D eigenvalue weighted by Gasteiger charge is 2.19. The number of esters is 3. The first kappa shape index (κ1) is 78.3. The Morgan fingerprint density at radius 1 is 0.256 bits per heavy atom. The molecule has 0 saturated heterocycles. The fraction of sp³-hybridized carbons (Fsp3) is 0.750. The van der Waals surface area contributed by atoms with Crippen LogP contribution >= 0.6 is 0 Å². The SMILES string of the molecule is CC/C=C\C/C=C\C/C=C\C/C=C\C/C=C\C/C=C\C/C=C\CCCCCCCC(=O)OCC(COC(=O)CCCCCCCCC/C=C\CCCCCCCCC)OC(=O)CCCCCCCCCCCCCCCCCCCCC. The van der Waals surface area contributed by atoms with Gasteiger partial charge in [-0.05, 0) is 103 Å². The maximum Gasteiger partial charge on any atom is 0.306 e. The van der Waals surface area contributed by atoms with Crippen LogP contribution in [0.2, 0.25) is 0 Å². The quantitative estimate of drug-likeness (QED) is 0.0261. The highest BCUT2D eigenvalue weighted by Crippen LogP contribution is 2.17. The standard InChI is InChI=1S/C76H132O6/c1-4-7-10-13-16-19-22-25-28-31-34-35-36-37-38-39-40-41-43-45-48-51-54-57-60-63-66-69-75(78)81-72-73(71-80-74(77)68-65-62-59-56-53-50-47-44-33-30-27-24-21-18-15-12-9-6-3)82-76(79)70-67-64-61-58-55-52-49-46-42-32-29-26-23-20-17-14-11-8-5-2/h7,10,16,19,25,28,30,33-35,37-38,40-41,45,48,73H,4-6,8-9,11-15,17-18,20-24,26-27,29,31-32,36,39,42-44,46-47,49-72H2,1-3H3/b10-7-,19-16-,28-25-,33-30-,35-34-,38-37-,41-40-,48-45-. The number of hydrogen-bond donors (Lipinski definition) is 0. The fourth-order valence-corrected chi connectivity index (χ4v) is 10.1. The number of rotatable bonds is 64. The lowest BCUT2D eigenvalue weighted by Gasteiger charge is -2.18. The van der Waals surface area contributed by atoms with Crippen LogP contribution in [0.5, 0.6) is 0 Å². The van der Waals surface area contributed by atoms with Gasteiger partial charge in [0.1, 0.15) is 13.2 Å². The molecule has 0 radical (unpaired) electrons. The van der Waals surface area contributed by atoms with Crippen LogP contribution in [0.15, 0.2) is 97.2 Å². The molecule has 0 heterocycles. The van der Waals surface area contributed by atoms with E-state index in [1.54, 1.807) is 0 Å². The summed E-state index contributed by atoms with van der Waals surface area (Å²) in [6.07, 6.45) is 94.2. The van der Waals surface area contributed by atoms with E-state index >= 15 is 0 Å². The Morgan fingerprint density at radius 3 is 0.756 bits per heavy atom. The first-order valence-electron chi connectivity index (χ1n) is 35.2. The van der Waals surface area contributed by atoms with E-state index in [0.29, 0.717) is 19.3 Å². The zero-order valence-electron chi connectivity index (χ0n) is 54.2. The first-order chi connectivity index (χ1) is 40.5. The molecule has 472 valence electrons. The Labute approximate surface area is 508 Å². The van der Waals surface area contributed by atoms with Gasteiger partial charge >= 0.3 is 17.9 Å². The maximum atomic E-state index is 13.0. The third-order valence-corrected chi connectivity index (χ3v) is 15.3. The van der Waals surface area contributed by atoms with Crippen LogP contribution in [0.4, 0.5) is 0 Å². The predicted molar refractivity (Wildman–Crippen MR) is 357 cm³/mol. The molecule has 82 heavy (non-hydrogen) atoms. The smallest absolute Gasteiger partial charge is 0.306 e. The first-order valence-corrected chi connectivity index (χ1v) is 35.2. The van der Waals surface area contributed by atoms with Crippen LogP contribution in [-0.4, -0.2) is 37.2 Å². The van der Waals surface area contributed by atoms with Gasteiger partial charge in [0.05, 0.1) is 0 Å². The number of carbonyl (C=O) groups excluding carboxylic acids is 3. The summed E-state index contributed by atoms with van der Waals surface area (Å²) in [5, 5.41) is 0. The van der Waals surface area contributed by atoms with E-state index in [2.05, 4.69) is 118 Å². The second kappa shape index (κ2) is 69.8. The minimum Gasteiger partial charge on any atom is -0.462 e. The minimum atomic E-state index is -0.789. The largest absolute Gasteiger partial charge is 0.462 e. The molecule has 0 saturated carbocycles. The third-order valence-electron chi connectivity index (χ3n) is 15.3. The van der Waals surface area contributed by atoms with Gasteiger partial charge in [-0.25, -0.2) is 0 Å². The lowest BCUT2D eigenvalue weighted by molar-refractivity contribution is -0.167. The van der Waals surface area contributed by atoms with Crippen LogP contribution in [0.3, 0.4) is 0 Å². The summed E-state index contributed by atoms with van der Waals surface area (Å²) in [7, 11) is 0. The van der Waals surface area contributed by atoms with Crippen molar-refractivity contribution in [3.8, 4) is 0 Å². The van der Waals surface area contributed by atoms with E-state index in [1.807, 2.05) is 0 Å². The van der Waals surface area contributed by atoms with Gasteiger partial charge in [-0.1, -0.05) is 323 Å². The van der Waals surface area contributed by atoms with Gasteiger partial charge in [0.15, 0.2) is 6.10 Å². The second-order valence-electron chi connectivity index (χ2n) is 23.4. The van der Waals surface area contributed by atoms with Crippen LogP contribution in [0, 0.1) is 0 Å². The molecule has 0 fully saturated rings. The van der Waals surface area contributed by atoms with Crippen molar-refractivity contribution in [3.63, 3.8) is 0 Å². The van der Waals surface area contributed by atoms with Gasteiger partial charge in [-0.15, -0.1) is 0 Å². The molecule has 0 aromatic carbocycles. The summed E-state index contributed by atoms with van der Waals surface area (Å²) in [4.78, 5) is 38.5. The van der Waals surface area contributed by atoms with Crippen molar-refractivity contribution >= 4 is 17.9 Å². The summed E-state index contributed by atoms with van der Waals surface area (Å²) in [5.74, 6) is -0.888. The third kappa shape index (κ3) is 67.1. The lowest BCUT2D eigenvalue weighted by Crippen LogP contribution is -2.30. The van der Waals surface area contributed by atoms with Crippen LogP contribution in [0.25, 0.3) is 0 Å². The van der Waals surface area contributed by atoms with Gasteiger partial charge in [-0.3, -0.25) is 14.4 Å². The van der Waals surface area contributed by atoms with Gasteiger partial charge in [-0.2, -0.15) is 0 Å². The topological polar surface area (TPSA) is 78.9 Å². The Hall–Kier alpha value is -3.67. The van der Waals surface area contributed by atoms with Crippen LogP contribution < -0.4 is 0 Å². The monoisotopic (exact) mass is 1140 g/mol. The summed E-state index contributed by atoms with van der Waals surface area (Å²) in [6, 6.07) is 0. The molecule has 0 spiro atoms. The van der Waals surface area contributed by atoms with Gasteiger partial charge in [0.25, 0.3) is 0 Å². The molecule has 6 nitrogen and oxygen atoms in total. The molecule has 0 amide bonds. The number of unbranched alkanes of at least 4 members (excludes halogenated alkanes) is 37. The van der Waals surface area contributed by atoms with Gasteiger partial charge in [0.2, 0.25) is 0 Å². The minimum absolute atomic E-state index is 0.0830. The van der Waals surface area contributed by atoms with Crippen molar-refractivity contribution in [2.24, 2.45) is 0 Å². The van der Waals surface area contributed by atoms with E-state index in [1.165, 1.54) is 186 Å². The number of allylic oxidation sites excluding steroid dienone is 16. The lowest BCUT2D eigenvalue weighted by atomic mass is 10.0. The molecule has 0 N–H and O–H groups in total. The Bertz CT molecular complexity index is 1590. The normalized spacial score (nSPS) is 12.7. The molecule has 1 atom stereocenters. The summed E-state index contributed by atoms with van der Waals surface area (Å²) in [5.41, 5.74) is 0. The van der Waals surface area contributed by atoms with E-state index in [9.17, 15) is 14.4 Å². The molecule has 0 aliphatic heterocycles. The highest BCUT2D eigenvalue weighted by atomic mass is 16.6. The van der Waals surface area contributed by atoms with Crippen LogP contribution in [0.1, 0.15) is 348 Å². The number of ether oxygens (including phenoxy) is 3. The summed E-state index contributed by atoms with van der Waals surface area (Å²) < 4.78 is 17.0. The molecule has 6 heteroatoms. The molecule has 0 aromatic heterocycles. The van der Waals surface area contributed by atoms with Crippen molar-refractivity contribution < 1.29 is 28.6 Å². The molecule has 0 rings (SSSR count). The van der Waals surface area contributed by atoms with E-state index in [0.717, 1.165) is 122 Å². The number of hydrogen-bond acceptors (Lipinski definition) is 6. The summed E-state index contributed by atoms with van der Waals surface area (Å²) >= 11 is 0. The summed E-state index contributed by atoms with van der Waals surface area (Å²) in [6.45, 7) is 6.56. The second-order valence-corrected chi connectivity index (χ2v) is 23.4. The zero-order valence-corrected chi connectivity index (χ0v) is 54.2. The van der Waals surface area contributed by atoms with Crippen molar-refractivity contribution in [2.75, 3.05) is 13.2 Å². The average molecular weight is 1140 g/mol. The Balaban J connectivity index is 4.40. The molecule has 0 bridgehead atoms. The Kier molecular flexibility index (Phi) is 66.7. The Morgan fingerprint density at radius 2 is 0.476 bits per heavy atom. The van der Waals surface area contributed by atoms with Gasteiger partial charge < -0.3 is 14.2 Å². The maximum absolute atomic E-state index is 13.0. The van der Waals surface area contributed by atoms with Crippen molar-refractivity contribution in [1.82, 2.24) is 0 Å². The van der Waals surface area contributed by atoms with Crippen LogP contribution in [-0.2, 0) is 28.6 Å². The van der Waals surface area contributed by atoms with E-state index < -0.39 is 6.10 Å². The van der Waals surface area contributed by atoms with Gasteiger partial charge in [0, 0.05) is 19.3 Å². The highest BCUT2D eigenvalue weighted by molar-refractivity contribution is 5.71. The van der Waals surface area contributed by atoms with E-state index in [4.69, 9.17) is 14.2 Å². The molecule has 0 aromatic rings. The molecule has 1 unspecified atom stereocenters. The molecule has 0 aliphatic carbocycles. The number of carbonyl (C=O) groups is 3. The predicted octanol–water partition coefficient (Wildman–Crippen LogP) is 24.4. The fourth-order valence-electron chi connectivity index (χ4n) is 10.1. The average Bonchev–Trinajstić information content (AvgIpc) is 3.47. The molecular formula is C76H132O6. The zero-order chi connectivity index (χ0) is 59.2. The van der Waals surface area contributed by atoms with Crippen molar-refractivity contribution in [3.05, 3.63) is 97.2 Å². The van der Waals surface area contributed by atoms with E-state index in [-0.39, 0.29) is 31.1 Å². The molecule has 0 aliphatic rings. The van der Waals surface area contributed by atoms with Crippen molar-refractivity contribution in [1.29, 1.82) is 0 Å². The molecular weight excluding hydrogens is 1010 g/mol. The van der Waals surface area contributed by atoms with Crippen molar-refractivity contribution in [2.45, 2.75) is 354 Å².